The van der Waals surface area contributed by atoms with Crippen LogP contribution < -0.4 is 15.8 Å². The molecule has 1 rings (SSSR count). The Morgan fingerprint density at radius 3 is 2.47 bits per heavy atom. The summed E-state index contributed by atoms with van der Waals surface area (Å²) in [5, 5.41) is 14.5. The number of aliphatic hydroxyl groups is 1. The number of nitrogens with zero attached hydrogens (tertiary/aromatic N) is 1. The van der Waals surface area contributed by atoms with Gasteiger partial charge in [0, 0.05) is 25.0 Å². The lowest BCUT2D eigenvalue weighted by Crippen LogP contribution is -2.24. The molecule has 0 aliphatic carbocycles. The van der Waals surface area contributed by atoms with Crippen LogP contribution in [0.3, 0.4) is 0 Å². The van der Waals surface area contributed by atoms with E-state index in [1.807, 2.05) is 11.9 Å². The molecule has 0 saturated heterocycles. The molecule has 7 heteroatoms. The molecule has 1 aromatic carbocycles. The zero-order valence-corrected chi connectivity index (χ0v) is 12.2. The Morgan fingerprint density at radius 1 is 1.42 bits per heavy atom. The summed E-state index contributed by atoms with van der Waals surface area (Å²) in [6.07, 6.45) is 0.164. The number of hydrogen-bond acceptors (Lipinski definition) is 5. The summed E-state index contributed by atoms with van der Waals surface area (Å²) in [6.45, 7) is 3.98. The van der Waals surface area contributed by atoms with Gasteiger partial charge in [-0.25, -0.2) is 13.6 Å². The number of sulfonamides is 1. The van der Waals surface area contributed by atoms with E-state index in [-0.39, 0.29) is 4.90 Å². The first-order valence-corrected chi connectivity index (χ1v) is 7.49. The van der Waals surface area contributed by atoms with Crippen molar-refractivity contribution in [3.63, 3.8) is 0 Å². The van der Waals surface area contributed by atoms with Crippen LogP contribution >= 0.6 is 0 Å². The Kier molecular flexibility index (Phi) is 4.78. The van der Waals surface area contributed by atoms with E-state index >= 15 is 0 Å². The van der Waals surface area contributed by atoms with Crippen LogP contribution in [0.1, 0.15) is 18.9 Å². The molecule has 0 spiro atoms. The van der Waals surface area contributed by atoms with Crippen LogP contribution in [0.25, 0.3) is 0 Å². The Bertz CT molecular complexity index is 556. The molecule has 0 radical (unpaired) electrons. The molecule has 0 aliphatic heterocycles. The SMILES string of the molecule is Cc1c(N(C)CCC(C)O)cc(N)cc1S(N)(=O)=O. The van der Waals surface area contributed by atoms with Crippen LogP contribution in [0, 0.1) is 6.92 Å². The molecule has 19 heavy (non-hydrogen) atoms. The minimum Gasteiger partial charge on any atom is -0.399 e. The molecule has 0 aromatic heterocycles. The van der Waals surface area contributed by atoms with Gasteiger partial charge in [0.05, 0.1) is 11.0 Å². The summed E-state index contributed by atoms with van der Waals surface area (Å²) in [5.41, 5.74) is 7.32. The lowest BCUT2D eigenvalue weighted by Gasteiger charge is -2.23. The molecule has 0 aliphatic rings. The standard InChI is InChI=1S/C12H21N3O3S/c1-8(16)4-5-15(3)11-6-10(13)7-12(9(11)2)19(14,17)18/h6-8,16H,4-5,13H2,1-3H3,(H2,14,17,18). The van der Waals surface area contributed by atoms with E-state index in [0.717, 1.165) is 0 Å². The number of nitrogen functional groups attached to an aromatic ring is 1. The van der Waals surface area contributed by atoms with Crippen LogP contribution in [0.4, 0.5) is 11.4 Å². The van der Waals surface area contributed by atoms with Crippen molar-refractivity contribution >= 4 is 21.4 Å². The quantitative estimate of drug-likeness (QED) is 0.680. The predicted octanol–water partition coefficient (Wildman–Crippen LogP) is 0.432. The van der Waals surface area contributed by atoms with Crippen molar-refractivity contribution in [2.75, 3.05) is 24.2 Å². The number of benzene rings is 1. The zero-order valence-electron chi connectivity index (χ0n) is 11.4. The Morgan fingerprint density at radius 2 is 2.00 bits per heavy atom. The topological polar surface area (TPSA) is 110 Å². The van der Waals surface area contributed by atoms with Gasteiger partial charge in [0.2, 0.25) is 10.0 Å². The molecule has 0 fully saturated rings. The normalized spacial score (nSPS) is 13.3. The van der Waals surface area contributed by atoms with Crippen molar-refractivity contribution in [2.24, 2.45) is 5.14 Å². The number of rotatable bonds is 5. The molecule has 0 heterocycles. The minimum atomic E-state index is -3.80. The van der Waals surface area contributed by atoms with Crippen LogP contribution in [-0.2, 0) is 10.0 Å². The summed E-state index contributed by atoms with van der Waals surface area (Å²) < 4.78 is 23.0. The van der Waals surface area contributed by atoms with E-state index in [4.69, 9.17) is 10.9 Å². The Labute approximate surface area is 114 Å². The molecular weight excluding hydrogens is 266 g/mol. The Hall–Kier alpha value is -1.31. The van der Waals surface area contributed by atoms with E-state index in [2.05, 4.69) is 0 Å². The largest absolute Gasteiger partial charge is 0.399 e. The highest BCUT2D eigenvalue weighted by Gasteiger charge is 2.17. The van der Waals surface area contributed by atoms with E-state index in [9.17, 15) is 13.5 Å². The van der Waals surface area contributed by atoms with Gasteiger partial charge in [0.1, 0.15) is 0 Å². The zero-order chi connectivity index (χ0) is 14.8. The minimum absolute atomic E-state index is 0.0337. The van der Waals surface area contributed by atoms with E-state index < -0.39 is 16.1 Å². The smallest absolute Gasteiger partial charge is 0.238 e. The molecule has 1 atom stereocenters. The molecule has 0 bridgehead atoms. The fraction of sp³-hybridized carbons (Fsp3) is 0.500. The first kappa shape index (κ1) is 15.7. The van der Waals surface area contributed by atoms with Crippen molar-refractivity contribution in [3.05, 3.63) is 17.7 Å². The van der Waals surface area contributed by atoms with Crippen LogP contribution in [0.2, 0.25) is 0 Å². The summed E-state index contributed by atoms with van der Waals surface area (Å²) in [7, 11) is -1.98. The van der Waals surface area contributed by atoms with E-state index in [1.54, 1.807) is 19.9 Å². The second kappa shape index (κ2) is 5.77. The maximum Gasteiger partial charge on any atom is 0.238 e. The summed E-state index contributed by atoms with van der Waals surface area (Å²) >= 11 is 0. The van der Waals surface area contributed by atoms with Gasteiger partial charge < -0.3 is 15.7 Å². The molecule has 6 nitrogen and oxygen atoms in total. The third-order valence-corrected chi connectivity index (χ3v) is 3.99. The second-order valence-corrected chi connectivity index (χ2v) is 6.30. The Balaban J connectivity index is 3.18. The highest BCUT2D eigenvalue weighted by Crippen LogP contribution is 2.28. The van der Waals surface area contributed by atoms with Gasteiger partial charge in [-0.1, -0.05) is 0 Å². The number of primary sulfonamides is 1. The number of aliphatic hydroxyl groups excluding tert-OH is 1. The van der Waals surface area contributed by atoms with Crippen LogP contribution in [-0.4, -0.2) is 33.2 Å². The van der Waals surface area contributed by atoms with Gasteiger partial charge >= 0.3 is 0 Å². The third kappa shape index (κ3) is 4.09. The van der Waals surface area contributed by atoms with E-state index in [0.29, 0.717) is 29.9 Å². The van der Waals surface area contributed by atoms with Gasteiger partial charge in [0.15, 0.2) is 0 Å². The number of anilines is 2. The summed E-state index contributed by atoms with van der Waals surface area (Å²) in [6, 6.07) is 3.06. The maximum atomic E-state index is 11.5. The van der Waals surface area contributed by atoms with Gasteiger partial charge in [-0.3, -0.25) is 0 Å². The molecule has 1 unspecified atom stereocenters. The molecular formula is C12H21N3O3S. The van der Waals surface area contributed by atoms with Crippen LogP contribution in [0.15, 0.2) is 17.0 Å². The average molecular weight is 287 g/mol. The second-order valence-electron chi connectivity index (χ2n) is 4.77. The fourth-order valence-electron chi connectivity index (χ4n) is 1.89. The predicted molar refractivity (Wildman–Crippen MR) is 76.5 cm³/mol. The number of hydrogen-bond donors (Lipinski definition) is 3. The highest BCUT2D eigenvalue weighted by molar-refractivity contribution is 7.89. The third-order valence-electron chi connectivity index (χ3n) is 2.96. The van der Waals surface area contributed by atoms with Crippen molar-refractivity contribution < 1.29 is 13.5 Å². The van der Waals surface area contributed by atoms with Gasteiger partial charge in [-0.05, 0) is 38.0 Å². The maximum absolute atomic E-state index is 11.5. The van der Waals surface area contributed by atoms with E-state index in [1.165, 1.54) is 6.07 Å². The van der Waals surface area contributed by atoms with Crippen molar-refractivity contribution in [3.8, 4) is 0 Å². The van der Waals surface area contributed by atoms with Crippen LogP contribution in [0.5, 0.6) is 0 Å². The lowest BCUT2D eigenvalue weighted by molar-refractivity contribution is 0.187. The van der Waals surface area contributed by atoms with Crippen molar-refractivity contribution in [1.82, 2.24) is 0 Å². The van der Waals surface area contributed by atoms with Crippen molar-refractivity contribution in [2.45, 2.75) is 31.3 Å². The fourth-order valence-corrected chi connectivity index (χ4v) is 2.72. The molecule has 0 amide bonds. The van der Waals surface area contributed by atoms with Gasteiger partial charge in [0.25, 0.3) is 0 Å². The first-order chi connectivity index (χ1) is 8.62. The molecule has 108 valence electrons. The summed E-state index contributed by atoms with van der Waals surface area (Å²) in [5.74, 6) is 0. The highest BCUT2D eigenvalue weighted by atomic mass is 32.2. The summed E-state index contributed by atoms with van der Waals surface area (Å²) in [4.78, 5) is 1.89. The van der Waals surface area contributed by atoms with Gasteiger partial charge in [-0.2, -0.15) is 0 Å². The van der Waals surface area contributed by atoms with Crippen molar-refractivity contribution in [1.29, 1.82) is 0 Å². The molecule has 1 aromatic rings. The average Bonchev–Trinajstić information content (AvgIpc) is 2.27. The molecule has 5 N–H and O–H groups in total. The van der Waals surface area contributed by atoms with Gasteiger partial charge in [-0.15, -0.1) is 0 Å². The monoisotopic (exact) mass is 287 g/mol. The molecule has 0 saturated carbocycles. The number of nitrogens with two attached hydrogens (primary N) is 2. The lowest BCUT2D eigenvalue weighted by atomic mass is 10.1. The first-order valence-electron chi connectivity index (χ1n) is 5.95.